The van der Waals surface area contributed by atoms with Crippen LogP contribution in [0.15, 0.2) is 36.5 Å². The van der Waals surface area contributed by atoms with Gasteiger partial charge in [0.2, 0.25) is 5.91 Å². The van der Waals surface area contributed by atoms with E-state index in [0.717, 1.165) is 51.4 Å². The highest BCUT2D eigenvalue weighted by Gasteiger charge is 2.27. The average molecular weight is 728 g/mol. The van der Waals surface area contributed by atoms with Crippen molar-refractivity contribution in [3.8, 4) is 0 Å². The van der Waals surface area contributed by atoms with Gasteiger partial charge in [0.05, 0.1) is 39.9 Å². The van der Waals surface area contributed by atoms with Crippen LogP contribution in [0.25, 0.3) is 0 Å². The van der Waals surface area contributed by atoms with Crippen molar-refractivity contribution in [1.82, 2.24) is 5.32 Å². The Kier molecular flexibility index (Phi) is 32.7. The van der Waals surface area contributed by atoms with Crippen LogP contribution in [0.4, 0.5) is 0 Å². The number of aliphatic hydroxyl groups is 1. The molecule has 0 rings (SSSR count). The van der Waals surface area contributed by atoms with Crippen LogP contribution in [0.5, 0.6) is 0 Å². The summed E-state index contributed by atoms with van der Waals surface area (Å²) in [5.74, 6) is -0.188. The number of amides is 1. The molecular formula is C41H80N2O6P+. The summed E-state index contributed by atoms with van der Waals surface area (Å²) in [7, 11) is 1.56. The van der Waals surface area contributed by atoms with Crippen LogP contribution in [0.1, 0.15) is 168 Å². The predicted molar refractivity (Wildman–Crippen MR) is 212 cm³/mol. The summed E-state index contributed by atoms with van der Waals surface area (Å²) >= 11 is 0. The molecule has 0 aromatic carbocycles. The lowest BCUT2D eigenvalue weighted by Gasteiger charge is -2.25. The van der Waals surface area contributed by atoms with E-state index in [0.29, 0.717) is 17.4 Å². The normalized spacial score (nSPS) is 14.9. The standard InChI is InChI=1S/C41H79N2O6P/c1-6-8-10-12-13-14-15-16-17-18-19-20-21-22-23-24-25-26-27-28-29-31-33-35-41(45)42-39(40(44)34-32-30-11-9-7-2)38-49-50(46,47)48-37-36-43(3,4)5/h15-16,18-19,32,34,39-40,44H,6-14,17,20-31,33,35-38H2,1-5H3,(H-,42,45,46,47)/p+1/b16-15-,19-18-,34-32+. The molecule has 0 saturated heterocycles. The number of likely N-dealkylation sites (N-methyl/N-ethyl adjacent to an activating group) is 1. The van der Waals surface area contributed by atoms with Crippen LogP contribution in [-0.4, -0.2) is 73.4 Å². The number of rotatable bonds is 36. The first kappa shape index (κ1) is 48.7. The highest BCUT2D eigenvalue weighted by molar-refractivity contribution is 7.47. The first-order valence-corrected chi connectivity index (χ1v) is 21.9. The molecular weight excluding hydrogens is 647 g/mol. The number of carbonyl (C=O) groups excluding carboxylic acids is 1. The zero-order valence-corrected chi connectivity index (χ0v) is 34.0. The summed E-state index contributed by atoms with van der Waals surface area (Å²) in [6.45, 7) is 4.67. The number of hydrogen-bond acceptors (Lipinski definition) is 5. The fraction of sp³-hybridized carbons (Fsp3) is 0.829. The van der Waals surface area contributed by atoms with Gasteiger partial charge in [-0.2, -0.15) is 0 Å². The number of phosphoric ester groups is 1. The van der Waals surface area contributed by atoms with Crippen LogP contribution in [0, 0.1) is 0 Å². The van der Waals surface area contributed by atoms with Crippen molar-refractivity contribution in [2.24, 2.45) is 0 Å². The molecule has 3 N–H and O–H groups in total. The van der Waals surface area contributed by atoms with Gasteiger partial charge in [-0.25, -0.2) is 4.57 Å². The molecule has 1 amide bonds. The molecule has 0 aromatic heterocycles. The molecule has 0 bridgehead atoms. The molecule has 3 atom stereocenters. The van der Waals surface area contributed by atoms with Crippen LogP contribution >= 0.6 is 7.82 Å². The quantitative estimate of drug-likeness (QED) is 0.0257. The lowest BCUT2D eigenvalue weighted by molar-refractivity contribution is -0.870. The maximum atomic E-state index is 12.7. The van der Waals surface area contributed by atoms with Gasteiger partial charge < -0.3 is 19.8 Å². The molecule has 0 heterocycles. The molecule has 9 heteroatoms. The number of carbonyl (C=O) groups is 1. The van der Waals surface area contributed by atoms with Gasteiger partial charge >= 0.3 is 7.82 Å². The van der Waals surface area contributed by atoms with E-state index in [1.165, 1.54) is 96.3 Å². The summed E-state index contributed by atoms with van der Waals surface area (Å²) in [6, 6.07) is -0.842. The maximum absolute atomic E-state index is 12.7. The van der Waals surface area contributed by atoms with E-state index in [9.17, 15) is 19.4 Å². The fourth-order valence-corrected chi connectivity index (χ4v) is 6.28. The smallest absolute Gasteiger partial charge is 0.387 e. The lowest BCUT2D eigenvalue weighted by Crippen LogP contribution is -2.45. The summed E-state index contributed by atoms with van der Waals surface area (Å²) in [5, 5.41) is 13.6. The van der Waals surface area contributed by atoms with Gasteiger partial charge in [-0.1, -0.05) is 147 Å². The van der Waals surface area contributed by atoms with Crippen molar-refractivity contribution in [3.63, 3.8) is 0 Å². The molecule has 0 aromatic rings. The van der Waals surface area contributed by atoms with Gasteiger partial charge in [0.1, 0.15) is 13.2 Å². The van der Waals surface area contributed by atoms with E-state index in [4.69, 9.17) is 9.05 Å². The number of hydrogen-bond donors (Lipinski definition) is 3. The third-order valence-electron chi connectivity index (χ3n) is 8.85. The Hall–Kier alpha value is -1.28. The maximum Gasteiger partial charge on any atom is 0.472 e. The molecule has 0 radical (unpaired) electrons. The van der Waals surface area contributed by atoms with Crippen LogP contribution in [-0.2, 0) is 18.4 Å². The zero-order chi connectivity index (χ0) is 37.2. The van der Waals surface area contributed by atoms with Crippen molar-refractivity contribution < 1.29 is 32.9 Å². The SMILES string of the molecule is CCCCC/C=C/C(O)C(COP(=O)(O)OCC[N+](C)(C)C)NC(=O)CCCCCCCCCCCCC/C=C\C/C=C\CCCCCCC. The number of phosphoric acid groups is 1. The van der Waals surface area contributed by atoms with E-state index in [1.54, 1.807) is 6.08 Å². The summed E-state index contributed by atoms with van der Waals surface area (Å²) < 4.78 is 23.3. The van der Waals surface area contributed by atoms with E-state index in [2.05, 4.69) is 43.5 Å². The summed E-state index contributed by atoms with van der Waals surface area (Å²) in [4.78, 5) is 22.9. The highest BCUT2D eigenvalue weighted by atomic mass is 31.2. The molecule has 0 saturated carbocycles. The highest BCUT2D eigenvalue weighted by Crippen LogP contribution is 2.43. The van der Waals surface area contributed by atoms with Crippen molar-refractivity contribution in [1.29, 1.82) is 0 Å². The number of quaternary nitrogens is 1. The number of nitrogens with one attached hydrogen (secondary N) is 1. The molecule has 3 unspecified atom stereocenters. The third kappa shape index (κ3) is 35.1. The minimum absolute atomic E-state index is 0.0597. The van der Waals surface area contributed by atoms with Gasteiger partial charge in [-0.05, 0) is 51.4 Å². The number of allylic oxidation sites excluding steroid dienone is 5. The van der Waals surface area contributed by atoms with Crippen molar-refractivity contribution >= 4 is 13.7 Å². The molecule has 0 fully saturated rings. The van der Waals surface area contributed by atoms with E-state index >= 15 is 0 Å². The van der Waals surface area contributed by atoms with Gasteiger partial charge in [-0.15, -0.1) is 0 Å². The van der Waals surface area contributed by atoms with Crippen molar-refractivity contribution in [3.05, 3.63) is 36.5 Å². The van der Waals surface area contributed by atoms with Crippen LogP contribution < -0.4 is 5.32 Å². The summed E-state index contributed by atoms with van der Waals surface area (Å²) in [5.41, 5.74) is 0. The Morgan fingerprint density at radius 3 is 1.68 bits per heavy atom. The summed E-state index contributed by atoms with van der Waals surface area (Å²) in [6.07, 6.45) is 39.7. The molecule has 294 valence electrons. The molecule has 50 heavy (non-hydrogen) atoms. The fourth-order valence-electron chi connectivity index (χ4n) is 5.54. The van der Waals surface area contributed by atoms with Crippen molar-refractivity contribution in [2.45, 2.75) is 180 Å². The third-order valence-corrected chi connectivity index (χ3v) is 9.84. The van der Waals surface area contributed by atoms with Gasteiger partial charge in [0, 0.05) is 6.42 Å². The van der Waals surface area contributed by atoms with E-state index in [-0.39, 0.29) is 19.1 Å². The number of nitrogens with zero attached hydrogens (tertiary/aromatic N) is 1. The minimum Gasteiger partial charge on any atom is -0.387 e. The average Bonchev–Trinajstić information content (AvgIpc) is 3.06. The second kappa shape index (κ2) is 33.5. The molecule has 8 nitrogen and oxygen atoms in total. The molecule has 0 aliphatic rings. The molecule has 0 aliphatic carbocycles. The van der Waals surface area contributed by atoms with Crippen LogP contribution in [0.3, 0.4) is 0 Å². The van der Waals surface area contributed by atoms with E-state index in [1.807, 2.05) is 27.2 Å². The first-order chi connectivity index (χ1) is 24.0. The second-order valence-corrected chi connectivity index (χ2v) is 16.5. The van der Waals surface area contributed by atoms with E-state index < -0.39 is 20.0 Å². The van der Waals surface area contributed by atoms with Crippen molar-refractivity contribution in [2.75, 3.05) is 40.9 Å². The largest absolute Gasteiger partial charge is 0.472 e. The molecule has 0 spiro atoms. The molecule has 0 aliphatic heterocycles. The Morgan fingerprint density at radius 2 is 1.14 bits per heavy atom. The zero-order valence-electron chi connectivity index (χ0n) is 33.1. The van der Waals surface area contributed by atoms with Crippen LogP contribution in [0.2, 0.25) is 0 Å². The predicted octanol–water partition coefficient (Wildman–Crippen LogP) is 10.7. The monoisotopic (exact) mass is 728 g/mol. The Morgan fingerprint density at radius 1 is 0.680 bits per heavy atom. The topological polar surface area (TPSA) is 105 Å². The van der Waals surface area contributed by atoms with Gasteiger partial charge in [0.25, 0.3) is 0 Å². The first-order valence-electron chi connectivity index (χ1n) is 20.4. The number of unbranched alkanes of at least 4 members (excludes halogenated alkanes) is 19. The minimum atomic E-state index is -4.32. The lowest BCUT2D eigenvalue weighted by atomic mass is 10.0. The Labute approximate surface area is 308 Å². The van der Waals surface area contributed by atoms with Gasteiger partial charge in [-0.3, -0.25) is 13.8 Å². The Balaban J connectivity index is 4.09. The second-order valence-electron chi connectivity index (χ2n) is 15.0. The van der Waals surface area contributed by atoms with Gasteiger partial charge in [0.15, 0.2) is 0 Å². The number of aliphatic hydroxyl groups excluding tert-OH is 1. The Bertz CT molecular complexity index is 917.